The molecule has 2 aliphatic rings. The second-order valence-corrected chi connectivity index (χ2v) is 8.53. The molecule has 34 heavy (non-hydrogen) atoms. The van der Waals surface area contributed by atoms with Crippen LogP contribution >= 0.6 is 0 Å². The molecule has 2 saturated heterocycles. The van der Waals surface area contributed by atoms with Crippen LogP contribution < -0.4 is 5.32 Å². The molecule has 2 aliphatic heterocycles. The van der Waals surface area contributed by atoms with E-state index < -0.39 is 23.6 Å². The van der Waals surface area contributed by atoms with Crippen LogP contribution in [0, 0.1) is 17.6 Å². The van der Waals surface area contributed by atoms with Crippen LogP contribution in [0.25, 0.3) is 0 Å². The number of piperidine rings is 1. The average Bonchev–Trinajstić information content (AvgIpc) is 2.88. The van der Waals surface area contributed by atoms with Gasteiger partial charge in [0, 0.05) is 37.3 Å². The topological polar surface area (TPSA) is 79.0 Å². The normalized spacial score (nSPS) is 17.8. The summed E-state index contributed by atoms with van der Waals surface area (Å²) in [6, 6.07) is 9.81. The molecule has 0 radical (unpaired) electrons. The van der Waals surface area contributed by atoms with Gasteiger partial charge in [-0.3, -0.25) is 14.4 Å². The standard InChI is InChI=1S/C25H27F2N3O4/c26-20-5-1-18(2-6-20)23(31)28-22(25(33)30-13-15-34-16-14-30)17-9-11-29(12-10-17)24(32)19-3-7-21(27)8-4-19/h1-8,17,22H,9-16H2,(H,28,31)/t22-/m0/s1. The lowest BCUT2D eigenvalue weighted by Gasteiger charge is -2.38. The second kappa shape index (κ2) is 10.7. The zero-order valence-electron chi connectivity index (χ0n) is 18.7. The van der Waals surface area contributed by atoms with Gasteiger partial charge in [0.05, 0.1) is 13.2 Å². The van der Waals surface area contributed by atoms with Gasteiger partial charge in [0.2, 0.25) is 5.91 Å². The number of hydrogen-bond acceptors (Lipinski definition) is 4. The summed E-state index contributed by atoms with van der Waals surface area (Å²) in [5.41, 5.74) is 0.676. The Morgan fingerprint density at radius 1 is 0.794 bits per heavy atom. The first-order valence-electron chi connectivity index (χ1n) is 11.4. The smallest absolute Gasteiger partial charge is 0.253 e. The molecule has 0 saturated carbocycles. The average molecular weight is 472 g/mol. The SMILES string of the molecule is O=C(N[C@H](C(=O)N1CCOCC1)C1CCN(C(=O)c2ccc(F)cc2)CC1)c1ccc(F)cc1. The number of hydrogen-bond donors (Lipinski definition) is 1. The maximum atomic E-state index is 13.4. The molecule has 7 nitrogen and oxygen atoms in total. The van der Waals surface area contributed by atoms with Crippen LogP contribution in [-0.4, -0.2) is 73.0 Å². The molecular formula is C25H27F2N3O4. The van der Waals surface area contributed by atoms with Gasteiger partial charge < -0.3 is 19.9 Å². The molecule has 0 bridgehead atoms. The molecule has 2 fully saturated rings. The number of ether oxygens (including phenoxy) is 1. The largest absolute Gasteiger partial charge is 0.378 e. The maximum Gasteiger partial charge on any atom is 0.253 e. The summed E-state index contributed by atoms with van der Waals surface area (Å²) >= 11 is 0. The summed E-state index contributed by atoms with van der Waals surface area (Å²) in [5, 5.41) is 2.86. The first-order valence-corrected chi connectivity index (χ1v) is 11.4. The molecule has 0 spiro atoms. The van der Waals surface area contributed by atoms with Crippen molar-refractivity contribution in [3.8, 4) is 0 Å². The minimum atomic E-state index is -0.765. The summed E-state index contributed by atoms with van der Waals surface area (Å²) in [6.45, 7) is 2.61. The minimum Gasteiger partial charge on any atom is -0.378 e. The fourth-order valence-electron chi connectivity index (χ4n) is 4.40. The summed E-state index contributed by atoms with van der Waals surface area (Å²) < 4.78 is 31.8. The van der Waals surface area contributed by atoms with Gasteiger partial charge in [0.25, 0.3) is 11.8 Å². The van der Waals surface area contributed by atoms with E-state index >= 15 is 0 Å². The third-order valence-corrected chi connectivity index (χ3v) is 6.37. The van der Waals surface area contributed by atoms with E-state index in [0.717, 1.165) is 0 Å². The molecule has 0 aromatic heterocycles. The quantitative estimate of drug-likeness (QED) is 0.727. The lowest BCUT2D eigenvalue weighted by molar-refractivity contribution is -0.139. The van der Waals surface area contributed by atoms with Crippen LogP contribution in [0.15, 0.2) is 48.5 Å². The highest BCUT2D eigenvalue weighted by molar-refractivity contribution is 5.97. The fourth-order valence-corrected chi connectivity index (χ4v) is 4.40. The van der Waals surface area contributed by atoms with Crippen LogP contribution in [0.3, 0.4) is 0 Å². The molecule has 180 valence electrons. The Labute approximate surface area is 196 Å². The Bertz CT molecular complexity index is 1020. The van der Waals surface area contributed by atoms with Crippen LogP contribution in [0.1, 0.15) is 33.6 Å². The predicted molar refractivity (Wildman–Crippen MR) is 120 cm³/mol. The van der Waals surface area contributed by atoms with E-state index in [9.17, 15) is 23.2 Å². The van der Waals surface area contributed by atoms with E-state index in [-0.39, 0.29) is 23.3 Å². The van der Waals surface area contributed by atoms with Crippen LogP contribution in [0.4, 0.5) is 8.78 Å². The first kappa shape index (κ1) is 23.8. The molecule has 9 heteroatoms. The van der Waals surface area contributed by atoms with Crippen molar-refractivity contribution < 1.29 is 27.9 Å². The highest BCUT2D eigenvalue weighted by Crippen LogP contribution is 2.24. The Morgan fingerprint density at radius 3 is 1.88 bits per heavy atom. The molecule has 4 rings (SSSR count). The van der Waals surface area contributed by atoms with E-state index in [1.54, 1.807) is 9.80 Å². The molecule has 2 heterocycles. The lowest BCUT2D eigenvalue weighted by atomic mass is 9.87. The van der Waals surface area contributed by atoms with Crippen molar-refractivity contribution in [3.05, 3.63) is 71.3 Å². The summed E-state index contributed by atoms with van der Waals surface area (Å²) in [7, 11) is 0. The molecule has 0 unspecified atom stereocenters. The van der Waals surface area contributed by atoms with Crippen molar-refractivity contribution in [2.45, 2.75) is 18.9 Å². The van der Waals surface area contributed by atoms with Gasteiger partial charge in [0.1, 0.15) is 17.7 Å². The van der Waals surface area contributed by atoms with Gasteiger partial charge in [-0.15, -0.1) is 0 Å². The zero-order chi connectivity index (χ0) is 24.1. The molecule has 0 aliphatic carbocycles. The molecule has 2 aromatic carbocycles. The third-order valence-electron chi connectivity index (χ3n) is 6.37. The number of rotatable bonds is 5. The zero-order valence-corrected chi connectivity index (χ0v) is 18.7. The molecule has 1 atom stereocenters. The number of carbonyl (C=O) groups excluding carboxylic acids is 3. The second-order valence-electron chi connectivity index (χ2n) is 8.53. The molecule has 1 N–H and O–H groups in total. The van der Waals surface area contributed by atoms with E-state index in [1.807, 2.05) is 0 Å². The Hall–Kier alpha value is -3.33. The van der Waals surface area contributed by atoms with E-state index in [0.29, 0.717) is 57.8 Å². The highest BCUT2D eigenvalue weighted by Gasteiger charge is 2.36. The number of nitrogens with one attached hydrogen (secondary N) is 1. The van der Waals surface area contributed by atoms with Crippen molar-refractivity contribution in [3.63, 3.8) is 0 Å². The van der Waals surface area contributed by atoms with Gasteiger partial charge in [0.15, 0.2) is 0 Å². The Balaban J connectivity index is 1.45. The Kier molecular flexibility index (Phi) is 7.52. The summed E-state index contributed by atoms with van der Waals surface area (Å²) in [5.74, 6) is -1.84. The number of benzene rings is 2. The van der Waals surface area contributed by atoms with Crippen molar-refractivity contribution in [1.82, 2.24) is 15.1 Å². The van der Waals surface area contributed by atoms with Gasteiger partial charge in [-0.1, -0.05) is 0 Å². The van der Waals surface area contributed by atoms with Crippen LogP contribution in [0.5, 0.6) is 0 Å². The van der Waals surface area contributed by atoms with E-state index in [1.165, 1.54) is 48.5 Å². The van der Waals surface area contributed by atoms with Gasteiger partial charge in [-0.05, 0) is 67.3 Å². The molecule has 3 amide bonds. The van der Waals surface area contributed by atoms with E-state index in [2.05, 4.69) is 5.32 Å². The van der Waals surface area contributed by atoms with Gasteiger partial charge in [-0.25, -0.2) is 8.78 Å². The monoisotopic (exact) mass is 471 g/mol. The van der Waals surface area contributed by atoms with Crippen LogP contribution in [-0.2, 0) is 9.53 Å². The number of likely N-dealkylation sites (tertiary alicyclic amines) is 1. The van der Waals surface area contributed by atoms with Crippen molar-refractivity contribution in [1.29, 1.82) is 0 Å². The number of morpholine rings is 1. The number of carbonyl (C=O) groups is 3. The predicted octanol–water partition coefficient (Wildman–Crippen LogP) is 2.47. The van der Waals surface area contributed by atoms with Gasteiger partial charge >= 0.3 is 0 Å². The summed E-state index contributed by atoms with van der Waals surface area (Å²) in [4.78, 5) is 42.4. The molecular weight excluding hydrogens is 444 g/mol. The lowest BCUT2D eigenvalue weighted by Crippen LogP contribution is -2.56. The molecule has 2 aromatic rings. The van der Waals surface area contributed by atoms with Crippen molar-refractivity contribution in [2.24, 2.45) is 5.92 Å². The maximum absolute atomic E-state index is 13.4. The third kappa shape index (κ3) is 5.59. The highest BCUT2D eigenvalue weighted by atomic mass is 19.1. The van der Waals surface area contributed by atoms with Gasteiger partial charge in [-0.2, -0.15) is 0 Å². The number of nitrogens with zero attached hydrogens (tertiary/aromatic N) is 2. The Morgan fingerprint density at radius 2 is 1.32 bits per heavy atom. The first-order chi connectivity index (χ1) is 16.4. The summed E-state index contributed by atoms with van der Waals surface area (Å²) in [6.07, 6.45) is 1.05. The van der Waals surface area contributed by atoms with Crippen LogP contribution in [0.2, 0.25) is 0 Å². The number of halogens is 2. The fraction of sp³-hybridized carbons (Fsp3) is 0.400. The number of amides is 3. The van der Waals surface area contributed by atoms with Crippen molar-refractivity contribution >= 4 is 17.7 Å². The van der Waals surface area contributed by atoms with E-state index in [4.69, 9.17) is 4.74 Å². The minimum absolute atomic E-state index is 0.169. The van der Waals surface area contributed by atoms with Crippen molar-refractivity contribution in [2.75, 3.05) is 39.4 Å².